The van der Waals surface area contributed by atoms with Gasteiger partial charge in [0.05, 0.1) is 22.6 Å². The fraction of sp³-hybridized carbons (Fsp3) is 0.474. The van der Waals surface area contributed by atoms with Crippen LogP contribution in [0.15, 0.2) is 29.3 Å². The van der Waals surface area contributed by atoms with Crippen molar-refractivity contribution >= 4 is 22.8 Å². The van der Waals surface area contributed by atoms with E-state index in [1.165, 1.54) is 10.9 Å². The maximum atomic E-state index is 12.6. The van der Waals surface area contributed by atoms with Gasteiger partial charge >= 0.3 is 5.97 Å². The van der Waals surface area contributed by atoms with Crippen molar-refractivity contribution in [2.45, 2.75) is 39.7 Å². The van der Waals surface area contributed by atoms with Crippen molar-refractivity contribution in [2.24, 2.45) is 5.41 Å². The van der Waals surface area contributed by atoms with Crippen molar-refractivity contribution in [1.82, 2.24) is 14.5 Å². The molecule has 2 heterocycles. The number of aromatic nitrogens is 2. The van der Waals surface area contributed by atoms with E-state index in [-0.39, 0.29) is 31.0 Å². The highest BCUT2D eigenvalue weighted by Gasteiger charge is 2.39. The van der Waals surface area contributed by atoms with E-state index >= 15 is 0 Å². The minimum absolute atomic E-state index is 0.131. The summed E-state index contributed by atoms with van der Waals surface area (Å²) in [6.07, 6.45) is 2.86. The quantitative estimate of drug-likeness (QED) is 0.901. The number of piperidine rings is 1. The summed E-state index contributed by atoms with van der Waals surface area (Å²) in [4.78, 5) is 42.5. The van der Waals surface area contributed by atoms with Gasteiger partial charge in [0.15, 0.2) is 0 Å². The number of rotatable bonds is 4. The lowest BCUT2D eigenvalue weighted by molar-refractivity contribution is -0.153. The summed E-state index contributed by atoms with van der Waals surface area (Å²) in [7, 11) is 0. The molecule has 26 heavy (non-hydrogen) atoms. The van der Waals surface area contributed by atoms with E-state index < -0.39 is 11.4 Å². The molecule has 7 heteroatoms. The van der Waals surface area contributed by atoms with E-state index in [0.29, 0.717) is 30.3 Å². The molecule has 138 valence electrons. The number of benzene rings is 1. The van der Waals surface area contributed by atoms with Gasteiger partial charge in [0.1, 0.15) is 0 Å². The van der Waals surface area contributed by atoms with Crippen molar-refractivity contribution in [3.8, 4) is 0 Å². The molecule has 1 unspecified atom stereocenters. The van der Waals surface area contributed by atoms with Crippen LogP contribution in [0.3, 0.4) is 0 Å². The van der Waals surface area contributed by atoms with Crippen LogP contribution in [0.4, 0.5) is 0 Å². The van der Waals surface area contributed by atoms with Gasteiger partial charge in [-0.2, -0.15) is 0 Å². The number of likely N-dealkylation sites (tertiary alicyclic amines) is 1. The highest BCUT2D eigenvalue weighted by Crippen LogP contribution is 2.30. The second kappa shape index (κ2) is 6.90. The molecule has 1 atom stereocenters. The van der Waals surface area contributed by atoms with E-state index in [1.807, 2.05) is 19.1 Å². The molecule has 1 aliphatic rings. The van der Waals surface area contributed by atoms with Crippen LogP contribution in [0.25, 0.3) is 10.9 Å². The van der Waals surface area contributed by atoms with Crippen molar-refractivity contribution in [3.05, 3.63) is 40.4 Å². The predicted octanol–water partition coefficient (Wildman–Crippen LogP) is 1.81. The van der Waals surface area contributed by atoms with Crippen LogP contribution in [0.1, 0.15) is 31.7 Å². The van der Waals surface area contributed by atoms with Crippen LogP contribution in [0, 0.1) is 12.3 Å². The standard InChI is InChI=1S/C19H23N3O4/c1-13-5-3-6-14-16(13)20-12-22(17(14)24)10-7-15(23)21-9-4-8-19(2,11-21)18(25)26/h3,5-6,12H,4,7-11H2,1-2H3,(H,25,26). The van der Waals surface area contributed by atoms with Crippen molar-refractivity contribution < 1.29 is 14.7 Å². The summed E-state index contributed by atoms with van der Waals surface area (Å²) >= 11 is 0. The van der Waals surface area contributed by atoms with E-state index in [4.69, 9.17) is 0 Å². The molecule has 1 aliphatic heterocycles. The number of aryl methyl sites for hydroxylation is 2. The number of carbonyl (C=O) groups excluding carboxylic acids is 1. The van der Waals surface area contributed by atoms with Gasteiger partial charge in [-0.05, 0) is 38.3 Å². The van der Waals surface area contributed by atoms with Gasteiger partial charge in [-0.15, -0.1) is 0 Å². The van der Waals surface area contributed by atoms with Gasteiger partial charge in [0.25, 0.3) is 5.56 Å². The Morgan fingerprint density at radius 1 is 1.35 bits per heavy atom. The van der Waals surface area contributed by atoms with Crippen LogP contribution < -0.4 is 5.56 Å². The van der Waals surface area contributed by atoms with E-state index in [1.54, 1.807) is 17.9 Å². The second-order valence-electron chi connectivity index (χ2n) is 7.25. The first-order valence-corrected chi connectivity index (χ1v) is 8.78. The van der Waals surface area contributed by atoms with Crippen LogP contribution in [-0.4, -0.2) is 44.5 Å². The summed E-state index contributed by atoms with van der Waals surface area (Å²) in [5, 5.41) is 9.91. The number of para-hydroxylation sites is 1. The molecule has 1 N–H and O–H groups in total. The Balaban J connectivity index is 1.72. The van der Waals surface area contributed by atoms with Crippen molar-refractivity contribution in [1.29, 1.82) is 0 Å². The molecule has 0 saturated carbocycles. The molecule has 3 rings (SSSR count). The van der Waals surface area contributed by atoms with E-state index in [9.17, 15) is 19.5 Å². The Morgan fingerprint density at radius 2 is 2.12 bits per heavy atom. The van der Waals surface area contributed by atoms with Crippen LogP contribution in [0.2, 0.25) is 0 Å². The van der Waals surface area contributed by atoms with Crippen LogP contribution in [-0.2, 0) is 16.1 Å². The lowest BCUT2D eigenvalue weighted by Gasteiger charge is -2.37. The Morgan fingerprint density at radius 3 is 2.85 bits per heavy atom. The number of aliphatic carboxylic acids is 1. The number of amides is 1. The first-order valence-electron chi connectivity index (χ1n) is 8.78. The minimum atomic E-state index is -0.896. The van der Waals surface area contributed by atoms with Crippen LogP contribution in [0.5, 0.6) is 0 Å². The van der Waals surface area contributed by atoms with Crippen molar-refractivity contribution in [2.75, 3.05) is 13.1 Å². The average molecular weight is 357 g/mol. The van der Waals surface area contributed by atoms with Crippen LogP contribution >= 0.6 is 0 Å². The second-order valence-corrected chi connectivity index (χ2v) is 7.25. The third kappa shape index (κ3) is 3.34. The molecule has 0 spiro atoms. The van der Waals surface area contributed by atoms with Gasteiger partial charge in [-0.25, -0.2) is 4.98 Å². The summed E-state index contributed by atoms with van der Waals surface area (Å²) in [5.41, 5.74) is 0.546. The fourth-order valence-electron chi connectivity index (χ4n) is 3.50. The molecule has 0 bridgehead atoms. The summed E-state index contributed by atoms with van der Waals surface area (Å²) < 4.78 is 1.44. The number of fused-ring (bicyclic) bond motifs is 1. The van der Waals surface area contributed by atoms with E-state index in [0.717, 1.165) is 5.56 Å². The first kappa shape index (κ1) is 18.1. The zero-order chi connectivity index (χ0) is 18.9. The summed E-state index contributed by atoms with van der Waals surface area (Å²) in [5.74, 6) is -1.01. The highest BCUT2D eigenvalue weighted by molar-refractivity contribution is 5.81. The topological polar surface area (TPSA) is 92.5 Å². The molecule has 1 aromatic heterocycles. The number of carboxylic acids is 1. The SMILES string of the molecule is Cc1cccc2c(=O)n(CCC(=O)N3CCCC(C)(C(=O)O)C3)cnc12. The molecule has 7 nitrogen and oxygen atoms in total. The molecule has 1 amide bonds. The lowest BCUT2D eigenvalue weighted by Crippen LogP contribution is -2.48. The number of hydrogen-bond acceptors (Lipinski definition) is 4. The van der Waals surface area contributed by atoms with Gasteiger partial charge in [-0.1, -0.05) is 12.1 Å². The molecule has 0 aliphatic carbocycles. The number of carbonyl (C=O) groups is 2. The highest BCUT2D eigenvalue weighted by atomic mass is 16.4. The van der Waals surface area contributed by atoms with Gasteiger partial charge < -0.3 is 10.0 Å². The summed E-state index contributed by atoms with van der Waals surface area (Å²) in [6.45, 7) is 4.58. The lowest BCUT2D eigenvalue weighted by atomic mass is 9.82. The average Bonchev–Trinajstić information content (AvgIpc) is 2.61. The fourth-order valence-corrected chi connectivity index (χ4v) is 3.50. The predicted molar refractivity (Wildman–Crippen MR) is 96.9 cm³/mol. The molecule has 1 fully saturated rings. The number of carboxylic acid groups (broad SMARTS) is 1. The monoisotopic (exact) mass is 357 g/mol. The maximum Gasteiger partial charge on any atom is 0.311 e. The number of hydrogen-bond donors (Lipinski definition) is 1. The summed E-state index contributed by atoms with van der Waals surface area (Å²) in [6, 6.07) is 5.45. The van der Waals surface area contributed by atoms with Gasteiger partial charge in [0, 0.05) is 26.1 Å². The largest absolute Gasteiger partial charge is 0.481 e. The van der Waals surface area contributed by atoms with Gasteiger partial charge in [-0.3, -0.25) is 19.0 Å². The maximum absolute atomic E-state index is 12.6. The Bertz CT molecular complexity index is 921. The van der Waals surface area contributed by atoms with Crippen molar-refractivity contribution in [3.63, 3.8) is 0 Å². The molecular weight excluding hydrogens is 334 g/mol. The third-order valence-corrected chi connectivity index (χ3v) is 5.19. The van der Waals surface area contributed by atoms with Gasteiger partial charge in [0.2, 0.25) is 5.91 Å². The Kier molecular flexibility index (Phi) is 4.80. The third-order valence-electron chi connectivity index (χ3n) is 5.19. The minimum Gasteiger partial charge on any atom is -0.481 e. The molecule has 2 aromatic rings. The van der Waals surface area contributed by atoms with E-state index in [2.05, 4.69) is 4.98 Å². The number of nitrogens with zero attached hydrogens (tertiary/aromatic N) is 3. The zero-order valence-electron chi connectivity index (χ0n) is 15.1. The molecule has 0 radical (unpaired) electrons. The molecule has 1 aromatic carbocycles. The molecular formula is C19H23N3O4. The Hall–Kier alpha value is -2.70. The smallest absolute Gasteiger partial charge is 0.311 e. The first-order chi connectivity index (χ1) is 12.3. The normalized spacial score (nSPS) is 20.3. The zero-order valence-corrected chi connectivity index (χ0v) is 15.1. The Labute approximate surface area is 151 Å². The molecule has 1 saturated heterocycles.